The zero-order valence-corrected chi connectivity index (χ0v) is 15.1. The molecule has 1 amide bonds. The summed E-state index contributed by atoms with van der Waals surface area (Å²) in [7, 11) is -1.39. The molecule has 3 rings (SSSR count). The van der Waals surface area contributed by atoms with E-state index in [0.29, 0.717) is 22.2 Å². The molecule has 3 aromatic rings. The van der Waals surface area contributed by atoms with Gasteiger partial charge in [0.1, 0.15) is 11.6 Å². The maximum atomic E-state index is 12.9. The van der Waals surface area contributed by atoms with E-state index in [4.69, 9.17) is 16.0 Å². The van der Waals surface area contributed by atoms with E-state index >= 15 is 0 Å². The molecule has 0 aliphatic carbocycles. The van der Waals surface area contributed by atoms with Crippen LogP contribution in [0, 0.1) is 5.82 Å². The second kappa shape index (κ2) is 8.29. The molecule has 0 saturated heterocycles. The van der Waals surface area contributed by atoms with Crippen LogP contribution in [0.2, 0.25) is 5.02 Å². The van der Waals surface area contributed by atoms with Crippen molar-refractivity contribution in [1.82, 2.24) is 5.32 Å². The zero-order valence-electron chi connectivity index (χ0n) is 13.6. The second-order valence-corrected chi connectivity index (χ2v) is 7.41. The van der Waals surface area contributed by atoms with E-state index in [2.05, 4.69) is 5.32 Å². The van der Waals surface area contributed by atoms with Crippen molar-refractivity contribution in [3.63, 3.8) is 0 Å². The largest absolute Gasteiger partial charge is 0.455 e. The summed E-state index contributed by atoms with van der Waals surface area (Å²) in [6, 6.07) is 15.8. The lowest BCUT2D eigenvalue weighted by Crippen LogP contribution is -2.22. The third-order valence-corrected chi connectivity index (χ3v) is 5.16. The summed E-state index contributed by atoms with van der Waals surface area (Å²) in [6.07, 6.45) is 0. The van der Waals surface area contributed by atoms with Crippen LogP contribution < -0.4 is 5.32 Å². The van der Waals surface area contributed by atoms with Gasteiger partial charge in [0.15, 0.2) is 5.76 Å². The molecule has 0 unspecified atom stereocenters. The van der Waals surface area contributed by atoms with Gasteiger partial charge in [-0.05, 0) is 54.1 Å². The van der Waals surface area contributed by atoms with Gasteiger partial charge in [0.25, 0.3) is 5.91 Å². The van der Waals surface area contributed by atoms with Gasteiger partial charge in [0.05, 0.1) is 16.6 Å². The first kappa shape index (κ1) is 18.4. The number of rotatable bonds is 6. The molecule has 1 N–H and O–H groups in total. The highest BCUT2D eigenvalue weighted by Crippen LogP contribution is 2.16. The molecule has 26 heavy (non-hydrogen) atoms. The summed E-state index contributed by atoms with van der Waals surface area (Å²) < 4.78 is 30.6. The summed E-state index contributed by atoms with van der Waals surface area (Å²) in [5.74, 6) is -0.0994. The molecule has 0 aliphatic heterocycles. The lowest BCUT2D eigenvalue weighted by molar-refractivity contribution is 0.0921. The van der Waals surface area contributed by atoms with Crippen molar-refractivity contribution < 1.29 is 17.8 Å². The fourth-order valence-corrected chi connectivity index (χ4v) is 3.53. The first-order valence-electron chi connectivity index (χ1n) is 7.76. The summed E-state index contributed by atoms with van der Waals surface area (Å²) in [5.41, 5.74) is 0.870. The number of carbonyl (C=O) groups is 1. The Morgan fingerprint density at radius 2 is 1.88 bits per heavy atom. The van der Waals surface area contributed by atoms with Crippen molar-refractivity contribution in [2.24, 2.45) is 0 Å². The highest BCUT2D eigenvalue weighted by atomic mass is 35.5. The molecule has 1 heterocycles. The Labute approximate surface area is 157 Å². The van der Waals surface area contributed by atoms with Crippen LogP contribution >= 0.6 is 11.6 Å². The Bertz CT molecular complexity index is 940. The van der Waals surface area contributed by atoms with Gasteiger partial charge in [-0.25, -0.2) is 4.39 Å². The molecule has 0 fully saturated rings. The van der Waals surface area contributed by atoms with Crippen LogP contribution in [0.25, 0.3) is 0 Å². The molecule has 0 saturated carbocycles. The number of benzene rings is 2. The Balaban J connectivity index is 1.59. The molecule has 0 aliphatic rings. The molecule has 4 nitrogen and oxygen atoms in total. The summed E-state index contributed by atoms with van der Waals surface area (Å²) >= 11 is 5.91. The first-order chi connectivity index (χ1) is 12.5. The van der Waals surface area contributed by atoms with Crippen molar-refractivity contribution in [3.8, 4) is 0 Å². The smallest absolute Gasteiger partial charge is 0.287 e. The van der Waals surface area contributed by atoms with Crippen LogP contribution in [0.5, 0.6) is 0 Å². The fraction of sp³-hybridized carbons (Fsp3) is 0.105. The average molecular weight is 392 g/mol. The number of halogens is 2. The van der Waals surface area contributed by atoms with Gasteiger partial charge in [-0.1, -0.05) is 23.7 Å². The van der Waals surface area contributed by atoms with Crippen molar-refractivity contribution in [1.29, 1.82) is 0 Å². The van der Waals surface area contributed by atoms with Gasteiger partial charge < -0.3 is 9.73 Å². The minimum atomic E-state index is -1.39. The number of furan rings is 1. The number of carbonyl (C=O) groups excluding carboxylic acids is 1. The minimum Gasteiger partial charge on any atom is -0.455 e. The monoisotopic (exact) mass is 391 g/mol. The second-order valence-electron chi connectivity index (χ2n) is 5.52. The Hall–Kier alpha value is -2.44. The van der Waals surface area contributed by atoms with Crippen molar-refractivity contribution >= 4 is 28.3 Å². The Morgan fingerprint density at radius 1 is 1.12 bits per heavy atom. The molecule has 1 aromatic heterocycles. The summed E-state index contributed by atoms with van der Waals surface area (Å²) in [4.78, 5) is 12.6. The van der Waals surface area contributed by atoms with Crippen molar-refractivity contribution in [3.05, 3.63) is 88.6 Å². The lowest BCUT2D eigenvalue weighted by Gasteiger charge is -2.04. The highest BCUT2D eigenvalue weighted by molar-refractivity contribution is 7.84. The van der Waals surface area contributed by atoms with Gasteiger partial charge >= 0.3 is 0 Å². The van der Waals surface area contributed by atoms with Crippen LogP contribution in [0.3, 0.4) is 0 Å². The molecule has 0 spiro atoms. The zero-order chi connectivity index (χ0) is 18.5. The molecule has 0 radical (unpaired) electrons. The van der Waals surface area contributed by atoms with E-state index in [1.807, 2.05) is 6.07 Å². The topological polar surface area (TPSA) is 59.3 Å². The van der Waals surface area contributed by atoms with E-state index in [0.717, 1.165) is 5.56 Å². The van der Waals surface area contributed by atoms with E-state index < -0.39 is 10.8 Å². The van der Waals surface area contributed by atoms with Crippen LogP contribution in [0.15, 0.2) is 70.0 Å². The van der Waals surface area contributed by atoms with Crippen molar-refractivity contribution in [2.75, 3.05) is 0 Å². The molecular weight excluding hydrogens is 377 g/mol. The third-order valence-electron chi connectivity index (χ3n) is 3.58. The molecule has 1 atom stereocenters. The van der Waals surface area contributed by atoms with Gasteiger partial charge in [0, 0.05) is 16.5 Å². The normalized spacial score (nSPS) is 11.9. The van der Waals surface area contributed by atoms with Crippen LogP contribution in [-0.2, 0) is 23.1 Å². The maximum absolute atomic E-state index is 12.9. The Morgan fingerprint density at radius 3 is 2.62 bits per heavy atom. The van der Waals surface area contributed by atoms with Gasteiger partial charge in [0.2, 0.25) is 0 Å². The minimum absolute atomic E-state index is 0.104. The number of amides is 1. The summed E-state index contributed by atoms with van der Waals surface area (Å²) in [5, 5.41) is 3.34. The van der Waals surface area contributed by atoms with Gasteiger partial charge in [-0.2, -0.15) is 0 Å². The van der Waals surface area contributed by atoms with Crippen molar-refractivity contribution in [2.45, 2.75) is 17.2 Å². The number of nitrogens with one attached hydrogen (secondary N) is 1. The fourth-order valence-electron chi connectivity index (χ4n) is 2.29. The van der Waals surface area contributed by atoms with E-state index in [9.17, 15) is 13.4 Å². The molecular formula is C19H15ClFNO3S. The molecule has 0 bridgehead atoms. The maximum Gasteiger partial charge on any atom is 0.287 e. The standard InChI is InChI=1S/C19H15ClFNO3S/c20-14-3-1-2-13(10-14)11-22-19(23)18-9-6-16(25-18)12-26(24)17-7-4-15(21)5-8-17/h1-10H,11-12H2,(H,22,23)/t26-/m0/s1. The highest BCUT2D eigenvalue weighted by Gasteiger charge is 2.13. The first-order valence-corrected chi connectivity index (χ1v) is 9.46. The molecule has 134 valence electrons. The average Bonchev–Trinajstić information content (AvgIpc) is 3.09. The number of hydrogen-bond acceptors (Lipinski definition) is 3. The Kier molecular flexibility index (Phi) is 5.85. The quantitative estimate of drug-likeness (QED) is 0.681. The number of hydrogen-bond donors (Lipinski definition) is 1. The van der Waals surface area contributed by atoms with Gasteiger partial charge in [-0.3, -0.25) is 9.00 Å². The predicted molar refractivity (Wildman–Crippen MR) is 97.8 cm³/mol. The third kappa shape index (κ3) is 4.80. The SMILES string of the molecule is O=C(NCc1cccc(Cl)c1)c1ccc(C[S@](=O)c2ccc(F)cc2)o1. The summed E-state index contributed by atoms with van der Waals surface area (Å²) in [6.45, 7) is 0.316. The lowest BCUT2D eigenvalue weighted by atomic mass is 10.2. The van der Waals surface area contributed by atoms with Crippen LogP contribution in [-0.4, -0.2) is 10.1 Å². The van der Waals surface area contributed by atoms with E-state index in [1.165, 1.54) is 30.3 Å². The molecule has 2 aromatic carbocycles. The predicted octanol–water partition coefficient (Wildman–Crippen LogP) is 4.31. The van der Waals surface area contributed by atoms with E-state index in [1.54, 1.807) is 24.3 Å². The molecule has 7 heteroatoms. The van der Waals surface area contributed by atoms with Gasteiger partial charge in [-0.15, -0.1) is 0 Å². The van der Waals surface area contributed by atoms with Crippen LogP contribution in [0.4, 0.5) is 4.39 Å². The van der Waals surface area contributed by atoms with E-state index in [-0.39, 0.29) is 23.2 Å². The van der Waals surface area contributed by atoms with Crippen LogP contribution in [0.1, 0.15) is 21.9 Å².